The van der Waals surface area contributed by atoms with Crippen LogP contribution in [0.3, 0.4) is 0 Å². The van der Waals surface area contributed by atoms with Crippen LogP contribution in [0, 0.1) is 0 Å². The predicted molar refractivity (Wildman–Crippen MR) is 21.9 cm³/mol. The molecule has 0 fully saturated rings. The summed E-state index contributed by atoms with van der Waals surface area (Å²) in [4.78, 5) is 0. The van der Waals surface area contributed by atoms with E-state index in [4.69, 9.17) is 13.3 Å². The molecule has 3 nitrogen and oxygen atoms in total. The Morgan fingerprint density at radius 3 is 1.33 bits per heavy atom. The van der Waals surface area contributed by atoms with Crippen molar-refractivity contribution >= 4 is 49.1 Å². The molecule has 0 aliphatic rings. The first-order valence-electron chi connectivity index (χ1n) is 0.532. The first kappa shape index (κ1) is 15.7. The van der Waals surface area contributed by atoms with Crippen LogP contribution < -0.4 is 0 Å². The largest absolute Gasteiger partial charge is 0 e. The molecule has 2 N–H and O–H groups in total. The van der Waals surface area contributed by atoms with Gasteiger partial charge < -0.3 is 0 Å². The molecule has 0 aromatic heterocycles. The summed E-state index contributed by atoms with van der Waals surface area (Å²) in [6, 6.07) is 0. The van der Waals surface area contributed by atoms with Crippen LogP contribution in [-0.4, -0.2) is 51.1 Å². The summed E-state index contributed by atoms with van der Waals surface area (Å²) < 4.78 is 22.8. The third kappa shape index (κ3) is 37.6. The summed E-state index contributed by atoms with van der Waals surface area (Å²) in [6.45, 7) is 0. The third-order valence-corrected chi connectivity index (χ3v) is 0. The van der Waals surface area contributed by atoms with Crippen LogP contribution in [0.5, 0.6) is 0 Å². The minimum Gasteiger partial charge on any atom is 0 e. The smallest absolute Gasteiger partial charge is 0 e. The standard InChI is InChI=1S/Ca.H2O3S.Pd.2H/c;1-4(2)3;;;/h;(H2,1,2,3);;;. The molecule has 0 aromatic rings. The molecule has 40 valence electrons. The maximum Gasteiger partial charge on any atom is 0 e. The van der Waals surface area contributed by atoms with E-state index in [1.807, 2.05) is 0 Å². The molecule has 0 aliphatic heterocycles. The molecule has 0 radical (unpaired) electrons. The Bertz CT molecular complexity index is 33.8. The molecule has 6 heavy (non-hydrogen) atoms. The number of hydrogen-bond donors (Lipinski definition) is 2. The summed E-state index contributed by atoms with van der Waals surface area (Å²) in [5.41, 5.74) is 0. The molecule has 0 aliphatic carbocycles. The van der Waals surface area contributed by atoms with Gasteiger partial charge >= 0.3 is 37.7 Å². The fraction of sp³-hybridized carbons (Fsp3) is 0. The van der Waals surface area contributed by atoms with E-state index < -0.39 is 11.4 Å². The summed E-state index contributed by atoms with van der Waals surface area (Å²) in [7, 11) is 0. The van der Waals surface area contributed by atoms with Crippen molar-refractivity contribution in [1.82, 2.24) is 0 Å². The van der Waals surface area contributed by atoms with Crippen molar-refractivity contribution < 1.29 is 33.7 Å². The molecular weight excluding hydrogens is 227 g/mol. The van der Waals surface area contributed by atoms with Crippen molar-refractivity contribution in [2.75, 3.05) is 0 Å². The number of hydrogen-bond acceptors (Lipinski definition) is 1. The van der Waals surface area contributed by atoms with Gasteiger partial charge in [-0.2, -0.15) is 4.21 Å². The first-order chi connectivity index (χ1) is 1.73. The molecule has 0 amide bonds. The number of rotatable bonds is 0. The second-order valence-electron chi connectivity index (χ2n) is 0.231. The average Bonchev–Trinajstić information content (AvgIpc) is 0.811. The quantitative estimate of drug-likeness (QED) is 0.404. The van der Waals surface area contributed by atoms with E-state index in [9.17, 15) is 0 Å². The molecule has 0 spiro atoms. The maximum absolute atomic E-state index is 8.67. The van der Waals surface area contributed by atoms with Crippen molar-refractivity contribution in [3.8, 4) is 0 Å². The van der Waals surface area contributed by atoms with Crippen LogP contribution in [0.25, 0.3) is 0 Å². The normalized spacial score (nSPS) is 5.83. The maximum atomic E-state index is 8.67. The molecule has 0 aromatic carbocycles. The van der Waals surface area contributed by atoms with Crippen LogP contribution in [0.4, 0.5) is 0 Å². The molecule has 0 bridgehead atoms. The van der Waals surface area contributed by atoms with E-state index in [1.165, 1.54) is 0 Å². The fourth-order valence-electron chi connectivity index (χ4n) is 0. The topological polar surface area (TPSA) is 57.5 Å². The van der Waals surface area contributed by atoms with E-state index in [2.05, 4.69) is 0 Å². The summed E-state index contributed by atoms with van der Waals surface area (Å²) in [5.74, 6) is 0. The Labute approximate surface area is 81.7 Å². The SMILES string of the molecule is O=S(O)O.[CaH2].[Pd]. The Morgan fingerprint density at radius 2 is 1.33 bits per heavy atom. The zero-order chi connectivity index (χ0) is 3.58. The van der Waals surface area contributed by atoms with Gasteiger partial charge in [-0.15, -0.1) is 0 Å². The Balaban J connectivity index is -0.0000000450. The molecule has 0 saturated heterocycles. The van der Waals surface area contributed by atoms with Crippen molar-refractivity contribution in [1.29, 1.82) is 0 Å². The van der Waals surface area contributed by atoms with E-state index in [1.54, 1.807) is 0 Å². The zero-order valence-corrected chi connectivity index (χ0v) is 4.40. The molecule has 0 unspecified atom stereocenters. The van der Waals surface area contributed by atoms with Gasteiger partial charge in [0, 0.05) is 20.4 Å². The van der Waals surface area contributed by atoms with Gasteiger partial charge in [-0.05, 0) is 0 Å². The minimum absolute atomic E-state index is 0. The van der Waals surface area contributed by atoms with Gasteiger partial charge in [-0.3, -0.25) is 9.11 Å². The van der Waals surface area contributed by atoms with Gasteiger partial charge in [-0.25, -0.2) is 0 Å². The van der Waals surface area contributed by atoms with Crippen molar-refractivity contribution in [2.45, 2.75) is 0 Å². The van der Waals surface area contributed by atoms with E-state index in [-0.39, 0.29) is 58.2 Å². The van der Waals surface area contributed by atoms with Crippen LogP contribution in [0.2, 0.25) is 0 Å². The average molecular weight is 231 g/mol. The monoisotopic (exact) mass is 230 g/mol. The van der Waals surface area contributed by atoms with Crippen LogP contribution in [0.15, 0.2) is 0 Å². The Hall–Kier alpha value is 1.99. The van der Waals surface area contributed by atoms with Gasteiger partial charge in [0.05, 0.1) is 0 Å². The van der Waals surface area contributed by atoms with Gasteiger partial charge in [-0.1, -0.05) is 0 Å². The van der Waals surface area contributed by atoms with Crippen LogP contribution in [-0.2, 0) is 31.8 Å². The molecule has 0 heterocycles. The van der Waals surface area contributed by atoms with Gasteiger partial charge in [0.2, 0.25) is 0 Å². The summed E-state index contributed by atoms with van der Waals surface area (Å²) in [6.07, 6.45) is 0. The minimum atomic E-state index is -2.61. The molecule has 6 heteroatoms. The third-order valence-electron chi connectivity index (χ3n) is 0. The van der Waals surface area contributed by atoms with Crippen LogP contribution in [0.1, 0.15) is 0 Å². The van der Waals surface area contributed by atoms with Gasteiger partial charge in [0.1, 0.15) is 0 Å². The molecule has 0 atom stereocenters. The Kier molecular flexibility index (Phi) is 26.3. The second-order valence-corrected chi connectivity index (χ2v) is 0.692. The van der Waals surface area contributed by atoms with Gasteiger partial charge in [0.15, 0.2) is 0 Å². The molecule has 0 rings (SSSR count). The van der Waals surface area contributed by atoms with Gasteiger partial charge in [0.25, 0.3) is 11.4 Å². The molecular formula is H4CaO3PdS. The van der Waals surface area contributed by atoms with E-state index >= 15 is 0 Å². The van der Waals surface area contributed by atoms with Crippen molar-refractivity contribution in [3.63, 3.8) is 0 Å². The fourth-order valence-corrected chi connectivity index (χ4v) is 0. The van der Waals surface area contributed by atoms with Crippen LogP contribution >= 0.6 is 0 Å². The summed E-state index contributed by atoms with van der Waals surface area (Å²) >= 11 is -2.61. The summed E-state index contributed by atoms with van der Waals surface area (Å²) in [5, 5.41) is 0. The first-order valence-corrected chi connectivity index (χ1v) is 1.60. The molecule has 0 saturated carbocycles. The van der Waals surface area contributed by atoms with E-state index in [0.29, 0.717) is 0 Å². The van der Waals surface area contributed by atoms with Crippen molar-refractivity contribution in [3.05, 3.63) is 0 Å². The second kappa shape index (κ2) is 10.1. The Morgan fingerprint density at radius 1 is 1.33 bits per heavy atom. The zero-order valence-electron chi connectivity index (χ0n) is 2.03. The van der Waals surface area contributed by atoms with Crippen molar-refractivity contribution in [2.24, 2.45) is 0 Å². The predicted octanol–water partition coefficient (Wildman–Crippen LogP) is -1.24. The van der Waals surface area contributed by atoms with E-state index in [0.717, 1.165) is 0 Å².